The Morgan fingerprint density at radius 3 is 2.39 bits per heavy atom. The number of likely N-dealkylation sites (N-methyl/N-ethyl adjacent to an activating group) is 1. The number of rotatable bonds is 6. The Kier molecular flexibility index (Phi) is 5.53. The Morgan fingerprint density at radius 1 is 1.00 bits per heavy atom. The van der Waals surface area contributed by atoms with Gasteiger partial charge in [-0.25, -0.2) is 0 Å². The van der Waals surface area contributed by atoms with E-state index < -0.39 is 0 Å². The van der Waals surface area contributed by atoms with Crippen LogP contribution in [0.2, 0.25) is 0 Å². The second kappa shape index (κ2) is 7.42. The maximum Gasteiger partial charge on any atom is 0.0340 e. The van der Waals surface area contributed by atoms with E-state index in [1.54, 1.807) is 0 Å². The van der Waals surface area contributed by atoms with Crippen LogP contribution < -0.4 is 10.6 Å². The molecule has 2 nitrogen and oxygen atoms in total. The number of anilines is 1. The van der Waals surface area contributed by atoms with Gasteiger partial charge in [-0.05, 0) is 43.0 Å². The molecular formula is C16H26N2. The summed E-state index contributed by atoms with van der Waals surface area (Å²) in [5, 5.41) is 6.77. The predicted octanol–water partition coefficient (Wildman–Crippen LogP) is 3.76. The van der Waals surface area contributed by atoms with Crippen LogP contribution in [-0.4, -0.2) is 19.6 Å². The molecule has 2 heteroatoms. The molecule has 2 N–H and O–H groups in total. The van der Waals surface area contributed by atoms with Gasteiger partial charge in [0.2, 0.25) is 0 Å². The summed E-state index contributed by atoms with van der Waals surface area (Å²) in [4.78, 5) is 0. The van der Waals surface area contributed by atoms with Gasteiger partial charge in [0, 0.05) is 18.8 Å². The van der Waals surface area contributed by atoms with Gasteiger partial charge < -0.3 is 10.6 Å². The lowest BCUT2D eigenvalue weighted by Gasteiger charge is -2.22. The molecule has 1 aliphatic carbocycles. The van der Waals surface area contributed by atoms with Crippen LogP contribution >= 0.6 is 0 Å². The fourth-order valence-electron chi connectivity index (χ4n) is 2.78. The zero-order valence-electron chi connectivity index (χ0n) is 11.5. The highest BCUT2D eigenvalue weighted by molar-refractivity contribution is 5.45. The molecule has 0 bridgehead atoms. The third-order valence-electron chi connectivity index (χ3n) is 3.87. The standard InChI is InChI=1S/C16H26N2/c1-2-17-12-13-18-16-10-8-15(9-11-16)14-6-4-3-5-7-14/h8-11,14,17-18H,2-7,12-13H2,1H3. The lowest BCUT2D eigenvalue weighted by molar-refractivity contribution is 0.443. The van der Waals surface area contributed by atoms with Crippen molar-refractivity contribution in [3.8, 4) is 0 Å². The molecule has 1 aromatic rings. The van der Waals surface area contributed by atoms with Crippen molar-refractivity contribution >= 4 is 5.69 Å². The van der Waals surface area contributed by atoms with Crippen LogP contribution in [0.3, 0.4) is 0 Å². The van der Waals surface area contributed by atoms with E-state index in [9.17, 15) is 0 Å². The van der Waals surface area contributed by atoms with Crippen LogP contribution in [-0.2, 0) is 0 Å². The first-order chi connectivity index (χ1) is 8.90. The maximum absolute atomic E-state index is 3.45. The minimum Gasteiger partial charge on any atom is -0.384 e. The van der Waals surface area contributed by atoms with Crippen LogP contribution in [0.15, 0.2) is 24.3 Å². The molecular weight excluding hydrogens is 220 g/mol. The van der Waals surface area contributed by atoms with Gasteiger partial charge in [0.05, 0.1) is 0 Å². The summed E-state index contributed by atoms with van der Waals surface area (Å²) in [7, 11) is 0. The Balaban J connectivity index is 1.81. The summed E-state index contributed by atoms with van der Waals surface area (Å²) in [5.41, 5.74) is 2.78. The van der Waals surface area contributed by atoms with Crippen LogP contribution in [0, 0.1) is 0 Å². The molecule has 2 rings (SSSR count). The first-order valence-electron chi connectivity index (χ1n) is 7.44. The lowest BCUT2D eigenvalue weighted by atomic mass is 9.84. The molecule has 0 unspecified atom stereocenters. The predicted molar refractivity (Wildman–Crippen MR) is 79.3 cm³/mol. The lowest BCUT2D eigenvalue weighted by Crippen LogP contribution is -2.21. The normalized spacial score (nSPS) is 16.7. The quantitative estimate of drug-likeness (QED) is 0.747. The molecule has 0 aromatic heterocycles. The number of hydrogen-bond donors (Lipinski definition) is 2. The Hall–Kier alpha value is -1.02. The highest BCUT2D eigenvalue weighted by Crippen LogP contribution is 2.32. The second-order valence-corrected chi connectivity index (χ2v) is 5.24. The molecule has 0 atom stereocenters. The molecule has 100 valence electrons. The molecule has 1 aliphatic rings. The van der Waals surface area contributed by atoms with Crippen LogP contribution in [0.4, 0.5) is 5.69 Å². The molecule has 0 amide bonds. The summed E-state index contributed by atoms with van der Waals surface area (Å²) >= 11 is 0. The van der Waals surface area contributed by atoms with Crippen LogP contribution in [0.5, 0.6) is 0 Å². The molecule has 0 radical (unpaired) electrons. The van der Waals surface area contributed by atoms with E-state index in [1.165, 1.54) is 43.4 Å². The maximum atomic E-state index is 3.45. The topological polar surface area (TPSA) is 24.1 Å². The summed E-state index contributed by atoms with van der Waals surface area (Å²) in [6, 6.07) is 9.09. The number of hydrogen-bond acceptors (Lipinski definition) is 2. The van der Waals surface area contributed by atoms with Crippen molar-refractivity contribution in [1.82, 2.24) is 5.32 Å². The van der Waals surface area contributed by atoms with E-state index in [1.807, 2.05) is 0 Å². The van der Waals surface area contributed by atoms with Gasteiger partial charge in [0.15, 0.2) is 0 Å². The van der Waals surface area contributed by atoms with E-state index in [2.05, 4.69) is 41.8 Å². The van der Waals surface area contributed by atoms with Gasteiger partial charge >= 0.3 is 0 Å². The minimum absolute atomic E-state index is 0.814. The van der Waals surface area contributed by atoms with Crippen LogP contribution in [0.1, 0.15) is 50.5 Å². The average Bonchev–Trinajstić information content (AvgIpc) is 2.45. The number of nitrogens with one attached hydrogen (secondary N) is 2. The summed E-state index contributed by atoms with van der Waals surface area (Å²) < 4.78 is 0. The van der Waals surface area contributed by atoms with Crippen molar-refractivity contribution < 1.29 is 0 Å². The molecule has 1 aromatic carbocycles. The van der Waals surface area contributed by atoms with E-state index in [4.69, 9.17) is 0 Å². The fraction of sp³-hybridized carbons (Fsp3) is 0.625. The van der Waals surface area contributed by atoms with Crippen molar-refractivity contribution in [3.05, 3.63) is 29.8 Å². The van der Waals surface area contributed by atoms with E-state index in [0.717, 1.165) is 25.6 Å². The molecule has 0 heterocycles. The monoisotopic (exact) mass is 246 g/mol. The third-order valence-corrected chi connectivity index (χ3v) is 3.87. The fourth-order valence-corrected chi connectivity index (χ4v) is 2.78. The van der Waals surface area contributed by atoms with Gasteiger partial charge in [-0.3, -0.25) is 0 Å². The van der Waals surface area contributed by atoms with Crippen molar-refractivity contribution in [3.63, 3.8) is 0 Å². The van der Waals surface area contributed by atoms with Gasteiger partial charge in [-0.2, -0.15) is 0 Å². The summed E-state index contributed by atoms with van der Waals surface area (Å²) in [5.74, 6) is 0.814. The smallest absolute Gasteiger partial charge is 0.0340 e. The average molecular weight is 246 g/mol. The van der Waals surface area contributed by atoms with E-state index >= 15 is 0 Å². The highest BCUT2D eigenvalue weighted by Gasteiger charge is 2.14. The van der Waals surface area contributed by atoms with Gasteiger partial charge in [0.25, 0.3) is 0 Å². The van der Waals surface area contributed by atoms with E-state index in [-0.39, 0.29) is 0 Å². The van der Waals surface area contributed by atoms with Crippen molar-refractivity contribution in [2.75, 3.05) is 25.0 Å². The zero-order valence-corrected chi connectivity index (χ0v) is 11.5. The first kappa shape index (κ1) is 13.4. The van der Waals surface area contributed by atoms with Crippen molar-refractivity contribution in [1.29, 1.82) is 0 Å². The van der Waals surface area contributed by atoms with Crippen molar-refractivity contribution in [2.45, 2.75) is 44.9 Å². The van der Waals surface area contributed by atoms with Crippen LogP contribution in [0.25, 0.3) is 0 Å². The van der Waals surface area contributed by atoms with Gasteiger partial charge in [0.1, 0.15) is 0 Å². The SMILES string of the molecule is CCNCCNc1ccc(C2CCCCC2)cc1. The largest absolute Gasteiger partial charge is 0.384 e. The first-order valence-corrected chi connectivity index (χ1v) is 7.44. The second-order valence-electron chi connectivity index (χ2n) is 5.24. The summed E-state index contributed by atoms with van der Waals surface area (Å²) in [6.07, 6.45) is 7.02. The molecule has 0 aliphatic heterocycles. The Morgan fingerprint density at radius 2 is 1.72 bits per heavy atom. The minimum atomic E-state index is 0.814. The van der Waals surface area contributed by atoms with Gasteiger partial charge in [-0.15, -0.1) is 0 Å². The molecule has 0 spiro atoms. The molecule has 18 heavy (non-hydrogen) atoms. The zero-order chi connectivity index (χ0) is 12.6. The Labute approximate surface area is 111 Å². The number of benzene rings is 1. The van der Waals surface area contributed by atoms with Crippen molar-refractivity contribution in [2.24, 2.45) is 0 Å². The highest BCUT2D eigenvalue weighted by atomic mass is 14.9. The molecule has 1 saturated carbocycles. The molecule has 1 fully saturated rings. The van der Waals surface area contributed by atoms with E-state index in [0.29, 0.717) is 0 Å². The Bertz CT molecular complexity index is 325. The third kappa shape index (κ3) is 4.02. The summed E-state index contributed by atoms with van der Waals surface area (Å²) in [6.45, 7) is 5.21. The molecule has 0 saturated heterocycles. The van der Waals surface area contributed by atoms with Gasteiger partial charge in [-0.1, -0.05) is 38.3 Å².